The molecule has 0 saturated heterocycles. The van der Waals surface area contributed by atoms with Crippen molar-refractivity contribution in [3.05, 3.63) is 55.4 Å². The monoisotopic (exact) mass is 372 g/mol. The van der Waals surface area contributed by atoms with Crippen molar-refractivity contribution in [3.63, 3.8) is 0 Å². The number of H-pyrrole nitrogens is 1. The van der Waals surface area contributed by atoms with Gasteiger partial charge < -0.3 is 10.1 Å². The first-order chi connectivity index (χ1) is 11.9. The molecule has 0 saturated carbocycles. The molecule has 3 aromatic rings. The predicted molar refractivity (Wildman–Crippen MR) is 104 cm³/mol. The van der Waals surface area contributed by atoms with Crippen LogP contribution in [0.25, 0.3) is 21.3 Å². The highest BCUT2D eigenvalue weighted by molar-refractivity contribution is 7.18. The Kier molecular flexibility index (Phi) is 3.93. The molecule has 4 nitrogen and oxygen atoms in total. The summed E-state index contributed by atoms with van der Waals surface area (Å²) in [6, 6.07) is 3.70. The second-order valence-electron chi connectivity index (χ2n) is 6.45. The van der Waals surface area contributed by atoms with Gasteiger partial charge in [-0.15, -0.1) is 11.3 Å². The van der Waals surface area contributed by atoms with Crippen molar-refractivity contribution in [1.82, 2.24) is 9.97 Å². The Morgan fingerprint density at radius 3 is 2.76 bits per heavy atom. The van der Waals surface area contributed by atoms with Crippen LogP contribution in [0.15, 0.2) is 16.9 Å². The van der Waals surface area contributed by atoms with Gasteiger partial charge in [-0.25, -0.2) is 4.98 Å². The highest BCUT2D eigenvalue weighted by Crippen LogP contribution is 2.35. The lowest BCUT2D eigenvalue weighted by molar-refractivity contribution is 0.467. The van der Waals surface area contributed by atoms with E-state index in [2.05, 4.69) is 9.97 Å². The zero-order chi connectivity index (χ0) is 17.7. The number of aromatic nitrogens is 2. The summed E-state index contributed by atoms with van der Waals surface area (Å²) in [5.41, 5.74) is 3.45. The molecule has 1 aliphatic carbocycles. The van der Waals surface area contributed by atoms with Crippen LogP contribution in [0.5, 0.6) is 5.75 Å². The lowest BCUT2D eigenvalue weighted by Crippen LogP contribution is -2.10. The van der Waals surface area contributed by atoms with Crippen molar-refractivity contribution in [1.29, 1.82) is 0 Å². The van der Waals surface area contributed by atoms with Crippen LogP contribution in [-0.2, 0) is 12.8 Å². The van der Waals surface area contributed by atoms with Crippen LogP contribution in [0.1, 0.15) is 39.4 Å². The molecule has 0 radical (unpaired) electrons. The first-order valence-electron chi connectivity index (χ1n) is 8.16. The lowest BCUT2D eigenvalue weighted by atomic mass is 10.1. The number of benzene rings is 1. The molecule has 25 heavy (non-hydrogen) atoms. The minimum absolute atomic E-state index is 0.121. The number of thiophene rings is 1. The number of hydrogen-bond acceptors (Lipinski definition) is 4. The summed E-state index contributed by atoms with van der Waals surface area (Å²) >= 11 is 8.02. The van der Waals surface area contributed by atoms with Crippen LogP contribution < -0.4 is 5.56 Å². The molecular weight excluding hydrogens is 356 g/mol. The van der Waals surface area contributed by atoms with E-state index < -0.39 is 0 Å². The van der Waals surface area contributed by atoms with Crippen LogP contribution in [0.2, 0.25) is 0 Å². The van der Waals surface area contributed by atoms with E-state index in [1.54, 1.807) is 17.4 Å². The molecule has 0 aliphatic heterocycles. The topological polar surface area (TPSA) is 66.0 Å². The first kappa shape index (κ1) is 16.4. The van der Waals surface area contributed by atoms with E-state index in [1.165, 1.54) is 4.88 Å². The third-order valence-corrected chi connectivity index (χ3v) is 6.08. The molecule has 1 aliphatic rings. The van der Waals surface area contributed by atoms with Gasteiger partial charge in [-0.1, -0.05) is 11.6 Å². The number of phenolic OH excluding ortho intramolecular Hbond substituents is 1. The fourth-order valence-corrected chi connectivity index (χ4v) is 4.88. The highest BCUT2D eigenvalue weighted by atomic mass is 35.5. The normalized spacial score (nSPS) is 14.3. The number of phenols is 1. The van der Waals surface area contributed by atoms with Gasteiger partial charge in [0.15, 0.2) is 5.82 Å². The molecule has 0 fully saturated rings. The number of nitrogens with zero attached hydrogens (tertiary/aromatic N) is 1. The Hall–Kier alpha value is -2.11. The van der Waals surface area contributed by atoms with E-state index in [4.69, 9.17) is 11.6 Å². The number of halogens is 1. The van der Waals surface area contributed by atoms with Crippen molar-refractivity contribution in [2.24, 2.45) is 0 Å². The van der Waals surface area contributed by atoms with Gasteiger partial charge in [0.05, 0.1) is 10.4 Å². The molecule has 4 rings (SSSR count). The van der Waals surface area contributed by atoms with Gasteiger partial charge in [-0.2, -0.15) is 0 Å². The standard InChI is InChI=1S/C19H17ClN2O2S/c1-9-6-11(7-10(2)16(9)23)8-13(20)17-21-18(24)15-12-4-3-5-14(12)25-19(15)22-17/h6-8,23H,3-5H2,1-2H3,(H,21,22,24)/b13-8-. The Morgan fingerprint density at radius 2 is 2.04 bits per heavy atom. The molecule has 2 heterocycles. The Balaban J connectivity index is 1.80. The molecular formula is C19H17ClN2O2S. The summed E-state index contributed by atoms with van der Waals surface area (Å²) in [6.07, 6.45) is 4.85. The quantitative estimate of drug-likeness (QED) is 0.694. The van der Waals surface area contributed by atoms with E-state index in [-0.39, 0.29) is 11.3 Å². The number of rotatable bonds is 2. The summed E-state index contributed by atoms with van der Waals surface area (Å²) in [5, 5.41) is 11.0. The molecule has 0 amide bonds. The van der Waals surface area contributed by atoms with Crippen molar-refractivity contribution in [2.45, 2.75) is 33.1 Å². The van der Waals surface area contributed by atoms with E-state index in [1.807, 2.05) is 26.0 Å². The molecule has 2 aromatic heterocycles. The van der Waals surface area contributed by atoms with Gasteiger partial charge in [-0.05, 0) is 73.6 Å². The van der Waals surface area contributed by atoms with E-state index in [0.717, 1.165) is 51.7 Å². The summed E-state index contributed by atoms with van der Waals surface area (Å²) < 4.78 is 0. The van der Waals surface area contributed by atoms with E-state index >= 15 is 0 Å². The number of fused-ring (bicyclic) bond motifs is 3. The average Bonchev–Trinajstić information content (AvgIpc) is 3.12. The summed E-state index contributed by atoms with van der Waals surface area (Å²) in [5.74, 6) is 0.664. The third-order valence-electron chi connectivity index (χ3n) is 4.61. The predicted octanol–water partition coefficient (Wildman–Crippen LogP) is 4.53. The van der Waals surface area contributed by atoms with Crippen LogP contribution >= 0.6 is 22.9 Å². The molecule has 0 bridgehead atoms. The number of aryl methyl sites for hydroxylation is 4. The number of nitrogens with one attached hydrogen (secondary N) is 1. The fourth-order valence-electron chi connectivity index (χ4n) is 3.40. The van der Waals surface area contributed by atoms with Crippen LogP contribution in [0, 0.1) is 13.8 Å². The molecule has 2 N–H and O–H groups in total. The Morgan fingerprint density at radius 1 is 1.32 bits per heavy atom. The second-order valence-corrected chi connectivity index (χ2v) is 7.94. The molecule has 128 valence electrons. The van der Waals surface area contributed by atoms with Crippen molar-refractivity contribution < 1.29 is 5.11 Å². The minimum atomic E-state index is -0.121. The summed E-state index contributed by atoms with van der Waals surface area (Å²) in [7, 11) is 0. The summed E-state index contributed by atoms with van der Waals surface area (Å²) in [4.78, 5) is 21.9. The largest absolute Gasteiger partial charge is 0.507 e. The minimum Gasteiger partial charge on any atom is -0.507 e. The maximum absolute atomic E-state index is 12.5. The van der Waals surface area contributed by atoms with Gasteiger partial charge in [0.2, 0.25) is 0 Å². The Bertz CT molecular complexity index is 1070. The van der Waals surface area contributed by atoms with Gasteiger partial charge in [0.25, 0.3) is 5.56 Å². The van der Waals surface area contributed by atoms with Gasteiger partial charge in [-0.3, -0.25) is 4.79 Å². The maximum atomic E-state index is 12.5. The molecule has 6 heteroatoms. The maximum Gasteiger partial charge on any atom is 0.260 e. The molecule has 0 atom stereocenters. The first-order valence-corrected chi connectivity index (χ1v) is 9.36. The van der Waals surface area contributed by atoms with Gasteiger partial charge in [0, 0.05) is 4.88 Å². The fraction of sp³-hybridized carbons (Fsp3) is 0.263. The number of hydrogen-bond donors (Lipinski definition) is 2. The molecule has 0 unspecified atom stereocenters. The zero-order valence-electron chi connectivity index (χ0n) is 13.9. The third kappa shape index (κ3) is 2.77. The van der Waals surface area contributed by atoms with Crippen molar-refractivity contribution in [2.75, 3.05) is 0 Å². The highest BCUT2D eigenvalue weighted by Gasteiger charge is 2.21. The molecule has 1 aromatic carbocycles. The van der Waals surface area contributed by atoms with Crippen LogP contribution in [0.4, 0.5) is 0 Å². The van der Waals surface area contributed by atoms with Gasteiger partial charge >= 0.3 is 0 Å². The van der Waals surface area contributed by atoms with Crippen molar-refractivity contribution >= 4 is 44.3 Å². The number of aromatic amines is 1. The Labute approximate surface area is 153 Å². The molecule has 0 spiro atoms. The smallest absolute Gasteiger partial charge is 0.260 e. The van der Waals surface area contributed by atoms with Crippen LogP contribution in [-0.4, -0.2) is 15.1 Å². The average molecular weight is 373 g/mol. The zero-order valence-corrected chi connectivity index (χ0v) is 15.5. The second kappa shape index (κ2) is 6.00. The van der Waals surface area contributed by atoms with Crippen LogP contribution in [0.3, 0.4) is 0 Å². The van der Waals surface area contributed by atoms with Gasteiger partial charge in [0.1, 0.15) is 10.6 Å². The lowest BCUT2D eigenvalue weighted by Gasteiger charge is -2.06. The van der Waals surface area contributed by atoms with E-state index in [0.29, 0.717) is 10.9 Å². The SMILES string of the molecule is Cc1cc(/C=C(\Cl)c2nc3sc4c(c3c(=O)[nH]2)CCC4)cc(C)c1O. The number of aromatic hydroxyl groups is 1. The van der Waals surface area contributed by atoms with E-state index in [9.17, 15) is 9.90 Å². The summed E-state index contributed by atoms with van der Waals surface area (Å²) in [6.45, 7) is 3.68. The van der Waals surface area contributed by atoms with Crippen molar-refractivity contribution in [3.8, 4) is 5.75 Å².